The smallest absolute Gasteiger partial charge is 0.543 e. The standard InChI is InChI=1S/C24H23N3O4.Na/c1-14(28)21-20-12-17(22(24(30)31)26(20)23(21)29)19-13-18(15-8-4-2-5-9-15)25-27(19)16-10-6-3-7-11-16;/h2-11,14,19-21,28H,12-13H2,1H3,(H,30,31);/q;+1/p-1/t14-,19+,20-,21-;/m1./s1. The molecular formula is C24H22N3NaO4. The van der Waals surface area contributed by atoms with Gasteiger partial charge in [0, 0.05) is 6.42 Å². The fraction of sp³-hybridized carbons (Fsp3) is 0.292. The van der Waals surface area contributed by atoms with Gasteiger partial charge in [0.15, 0.2) is 0 Å². The van der Waals surface area contributed by atoms with Gasteiger partial charge in [-0.3, -0.25) is 9.80 Å². The molecule has 0 aromatic heterocycles. The third-order valence-electron chi connectivity index (χ3n) is 6.40. The number of aliphatic hydroxyl groups is 1. The number of rotatable bonds is 5. The second kappa shape index (κ2) is 8.83. The summed E-state index contributed by atoms with van der Waals surface area (Å²) in [7, 11) is 0. The van der Waals surface area contributed by atoms with Crippen molar-refractivity contribution in [2.45, 2.75) is 38.0 Å². The van der Waals surface area contributed by atoms with Gasteiger partial charge < -0.3 is 19.9 Å². The SMILES string of the molecule is C[C@@H](O)[C@H]1C(=O)N2C(C(=O)[O-])=C([C@@H]3CC(c4ccccc4)=NN3c3ccccc3)C[C@H]12.[Na+]. The van der Waals surface area contributed by atoms with Gasteiger partial charge in [-0.15, -0.1) is 0 Å². The number of fused-ring (bicyclic) bond motifs is 1. The van der Waals surface area contributed by atoms with E-state index in [2.05, 4.69) is 0 Å². The zero-order valence-corrected chi connectivity index (χ0v) is 20.0. The van der Waals surface area contributed by atoms with E-state index < -0.39 is 18.0 Å². The van der Waals surface area contributed by atoms with Crippen LogP contribution in [0.4, 0.5) is 5.69 Å². The normalized spacial score (nSPS) is 25.1. The van der Waals surface area contributed by atoms with Gasteiger partial charge in [-0.1, -0.05) is 48.5 Å². The number of aliphatic carboxylic acids is 1. The molecule has 8 heteroatoms. The van der Waals surface area contributed by atoms with E-state index in [-0.39, 0.29) is 53.2 Å². The number of amides is 1. The number of para-hydroxylation sites is 1. The molecule has 0 unspecified atom stereocenters. The van der Waals surface area contributed by atoms with Gasteiger partial charge >= 0.3 is 29.6 Å². The van der Waals surface area contributed by atoms with Crippen LogP contribution in [0.15, 0.2) is 77.0 Å². The van der Waals surface area contributed by atoms with Crippen molar-refractivity contribution in [3.63, 3.8) is 0 Å². The molecule has 0 saturated carbocycles. The van der Waals surface area contributed by atoms with Crippen LogP contribution in [0.2, 0.25) is 0 Å². The summed E-state index contributed by atoms with van der Waals surface area (Å²) in [6.07, 6.45) is 0.0658. The Kier molecular flexibility index (Phi) is 6.27. The predicted molar refractivity (Wildman–Crippen MR) is 113 cm³/mol. The molecule has 1 N–H and O–H groups in total. The maximum atomic E-state index is 12.6. The largest absolute Gasteiger partial charge is 1.00 e. The van der Waals surface area contributed by atoms with Crippen molar-refractivity contribution in [2.24, 2.45) is 11.0 Å². The van der Waals surface area contributed by atoms with Gasteiger partial charge in [-0.05, 0) is 36.6 Å². The van der Waals surface area contributed by atoms with Crippen molar-refractivity contribution in [1.82, 2.24) is 4.90 Å². The first-order chi connectivity index (χ1) is 15.0. The zero-order chi connectivity index (χ0) is 21.7. The Labute approximate surface area is 208 Å². The average molecular weight is 439 g/mol. The summed E-state index contributed by atoms with van der Waals surface area (Å²) in [5, 5.41) is 28.8. The molecule has 1 amide bonds. The monoisotopic (exact) mass is 439 g/mol. The van der Waals surface area contributed by atoms with E-state index in [1.165, 1.54) is 4.90 Å². The van der Waals surface area contributed by atoms with Gasteiger partial charge in [0.25, 0.3) is 0 Å². The first-order valence-corrected chi connectivity index (χ1v) is 10.4. The Bertz CT molecular complexity index is 1100. The van der Waals surface area contributed by atoms with E-state index in [1.807, 2.05) is 65.7 Å². The Morgan fingerprint density at radius 2 is 1.72 bits per heavy atom. The molecular weight excluding hydrogens is 417 g/mol. The molecule has 2 aromatic rings. The van der Waals surface area contributed by atoms with Gasteiger partial charge in [0.05, 0.1) is 47.2 Å². The van der Waals surface area contributed by atoms with Crippen LogP contribution in [0.3, 0.4) is 0 Å². The number of carboxylic acids is 1. The molecule has 32 heavy (non-hydrogen) atoms. The second-order valence-electron chi connectivity index (χ2n) is 8.22. The van der Waals surface area contributed by atoms with Gasteiger partial charge in [-0.2, -0.15) is 5.10 Å². The van der Waals surface area contributed by atoms with E-state index in [0.717, 1.165) is 17.0 Å². The van der Waals surface area contributed by atoms with Crippen LogP contribution in [0.25, 0.3) is 0 Å². The van der Waals surface area contributed by atoms with Gasteiger partial charge in [0.2, 0.25) is 5.91 Å². The predicted octanol–water partition coefficient (Wildman–Crippen LogP) is -1.71. The number of carbonyl (C=O) groups excluding carboxylic acids is 2. The summed E-state index contributed by atoms with van der Waals surface area (Å²) in [5.41, 5.74) is 3.23. The number of nitrogens with zero attached hydrogens (tertiary/aromatic N) is 3. The molecule has 0 aliphatic carbocycles. The summed E-state index contributed by atoms with van der Waals surface area (Å²) in [6.45, 7) is 1.57. The van der Waals surface area contributed by atoms with E-state index >= 15 is 0 Å². The number of aliphatic hydroxyl groups excluding tert-OH is 1. The Morgan fingerprint density at radius 3 is 2.31 bits per heavy atom. The van der Waals surface area contributed by atoms with Crippen molar-refractivity contribution < 1.29 is 49.4 Å². The summed E-state index contributed by atoms with van der Waals surface area (Å²) in [4.78, 5) is 26.0. The molecule has 0 spiro atoms. The molecule has 3 aliphatic rings. The van der Waals surface area contributed by atoms with Crippen molar-refractivity contribution in [3.05, 3.63) is 77.5 Å². The minimum Gasteiger partial charge on any atom is -0.543 e. The number of hydrogen-bond acceptors (Lipinski definition) is 6. The van der Waals surface area contributed by atoms with E-state index in [0.29, 0.717) is 18.4 Å². The number of carboxylic acid groups (broad SMARTS) is 1. The van der Waals surface area contributed by atoms with Gasteiger partial charge in [0.1, 0.15) is 0 Å². The molecule has 4 atom stereocenters. The summed E-state index contributed by atoms with van der Waals surface area (Å²) in [6, 6.07) is 18.7. The third kappa shape index (κ3) is 3.59. The summed E-state index contributed by atoms with van der Waals surface area (Å²) in [5.74, 6) is -2.31. The molecule has 2 aromatic carbocycles. The molecule has 1 fully saturated rings. The topological polar surface area (TPSA) is 96.3 Å². The molecule has 0 radical (unpaired) electrons. The molecule has 3 aliphatic heterocycles. The third-order valence-corrected chi connectivity index (χ3v) is 6.40. The van der Waals surface area contributed by atoms with Crippen LogP contribution >= 0.6 is 0 Å². The second-order valence-corrected chi connectivity index (χ2v) is 8.22. The zero-order valence-electron chi connectivity index (χ0n) is 18.0. The summed E-state index contributed by atoms with van der Waals surface area (Å²) >= 11 is 0. The molecule has 7 nitrogen and oxygen atoms in total. The van der Waals surface area contributed by atoms with Crippen LogP contribution in [-0.4, -0.2) is 45.8 Å². The summed E-state index contributed by atoms with van der Waals surface area (Å²) < 4.78 is 0. The van der Waals surface area contributed by atoms with E-state index in [4.69, 9.17) is 5.10 Å². The first kappa shape index (κ1) is 22.7. The molecule has 1 saturated heterocycles. The minimum atomic E-state index is -1.36. The van der Waals surface area contributed by atoms with Crippen molar-refractivity contribution in [3.8, 4) is 0 Å². The molecule has 158 valence electrons. The Morgan fingerprint density at radius 1 is 1.09 bits per heavy atom. The average Bonchev–Trinajstić information content (AvgIpc) is 3.34. The fourth-order valence-electron chi connectivity index (χ4n) is 4.99. The van der Waals surface area contributed by atoms with Crippen molar-refractivity contribution in [1.29, 1.82) is 0 Å². The van der Waals surface area contributed by atoms with Crippen molar-refractivity contribution >= 4 is 23.3 Å². The maximum Gasteiger partial charge on any atom is 1.00 e. The first-order valence-electron chi connectivity index (χ1n) is 10.4. The minimum absolute atomic E-state index is 0. The number of β-lactam (4-membered cyclic amide) rings is 1. The Balaban J connectivity index is 0.00000245. The van der Waals surface area contributed by atoms with Crippen LogP contribution < -0.4 is 39.7 Å². The number of benzene rings is 2. The fourth-order valence-corrected chi connectivity index (χ4v) is 4.99. The van der Waals surface area contributed by atoms with Crippen LogP contribution in [0, 0.1) is 5.92 Å². The maximum absolute atomic E-state index is 12.6. The molecule has 5 rings (SSSR count). The molecule has 0 bridgehead atoms. The number of hydrogen-bond donors (Lipinski definition) is 1. The quantitative estimate of drug-likeness (QED) is 0.442. The van der Waals surface area contributed by atoms with Crippen LogP contribution in [0.5, 0.6) is 0 Å². The number of carbonyl (C=O) groups is 2. The Hall–Kier alpha value is -2.45. The molecule has 3 heterocycles. The van der Waals surface area contributed by atoms with E-state index in [9.17, 15) is 19.8 Å². The van der Waals surface area contributed by atoms with E-state index in [1.54, 1.807) is 6.92 Å². The number of anilines is 1. The number of hydrazone groups is 1. The van der Waals surface area contributed by atoms with Crippen LogP contribution in [-0.2, 0) is 9.59 Å². The van der Waals surface area contributed by atoms with Crippen LogP contribution in [0.1, 0.15) is 25.3 Å². The van der Waals surface area contributed by atoms with Gasteiger partial charge in [-0.25, -0.2) is 0 Å². The van der Waals surface area contributed by atoms with Crippen molar-refractivity contribution in [2.75, 3.05) is 5.01 Å².